The third kappa shape index (κ3) is 2.01. The van der Waals surface area contributed by atoms with Crippen LogP contribution < -0.4 is 5.69 Å². The summed E-state index contributed by atoms with van der Waals surface area (Å²) in [5, 5.41) is 3.99. The van der Waals surface area contributed by atoms with Crippen molar-refractivity contribution in [3.05, 3.63) is 38.7 Å². The number of aromatic nitrogens is 4. The van der Waals surface area contributed by atoms with E-state index >= 15 is 0 Å². The number of rotatable bonds is 3. The summed E-state index contributed by atoms with van der Waals surface area (Å²) in [6.07, 6.45) is 2.65. The van der Waals surface area contributed by atoms with E-state index in [9.17, 15) is 4.79 Å². The molecule has 6 heteroatoms. The lowest BCUT2D eigenvalue weighted by atomic mass is 10.0. The SMILES string of the molecule is C=CCC(C)c1cc2nc(I)nn2c(=O)[nH]1. The first-order valence-corrected chi connectivity index (χ1v) is 5.96. The summed E-state index contributed by atoms with van der Waals surface area (Å²) in [6, 6.07) is 1.85. The minimum Gasteiger partial charge on any atom is -0.309 e. The first-order chi connectivity index (χ1) is 7.61. The lowest BCUT2D eigenvalue weighted by Crippen LogP contribution is -2.19. The van der Waals surface area contributed by atoms with Gasteiger partial charge in [0, 0.05) is 34.4 Å². The molecular formula is C10H11IN4O. The smallest absolute Gasteiger partial charge is 0.309 e. The predicted molar refractivity (Wildman–Crippen MR) is 69.6 cm³/mol. The Hall–Kier alpha value is -1.18. The molecule has 0 spiro atoms. The molecule has 0 aliphatic heterocycles. The van der Waals surface area contributed by atoms with Crippen molar-refractivity contribution in [2.24, 2.45) is 0 Å². The third-order valence-electron chi connectivity index (χ3n) is 2.39. The molecular weight excluding hydrogens is 319 g/mol. The van der Waals surface area contributed by atoms with Gasteiger partial charge in [-0.25, -0.2) is 9.78 Å². The summed E-state index contributed by atoms with van der Waals surface area (Å²) < 4.78 is 1.84. The Labute approximate surface area is 106 Å². The van der Waals surface area contributed by atoms with E-state index in [-0.39, 0.29) is 11.6 Å². The highest BCUT2D eigenvalue weighted by molar-refractivity contribution is 14.1. The van der Waals surface area contributed by atoms with Gasteiger partial charge in [0.25, 0.3) is 0 Å². The number of H-pyrrole nitrogens is 1. The number of nitrogens with zero attached hydrogens (tertiary/aromatic N) is 3. The molecule has 16 heavy (non-hydrogen) atoms. The number of aromatic amines is 1. The monoisotopic (exact) mass is 330 g/mol. The second-order valence-corrected chi connectivity index (χ2v) is 4.57. The van der Waals surface area contributed by atoms with Crippen molar-refractivity contribution in [3.8, 4) is 0 Å². The largest absolute Gasteiger partial charge is 0.348 e. The second-order valence-electron chi connectivity index (χ2n) is 3.61. The highest BCUT2D eigenvalue weighted by Gasteiger charge is 2.10. The van der Waals surface area contributed by atoms with Gasteiger partial charge in [-0.2, -0.15) is 4.52 Å². The Balaban J connectivity index is 2.57. The molecule has 0 aliphatic rings. The van der Waals surface area contributed by atoms with E-state index in [0.29, 0.717) is 9.48 Å². The fourth-order valence-electron chi connectivity index (χ4n) is 1.53. The number of nitrogens with one attached hydrogen (secondary N) is 1. The van der Waals surface area contributed by atoms with E-state index in [4.69, 9.17) is 0 Å². The van der Waals surface area contributed by atoms with Crippen molar-refractivity contribution >= 4 is 28.2 Å². The van der Waals surface area contributed by atoms with Crippen LogP contribution in [0.15, 0.2) is 23.5 Å². The van der Waals surface area contributed by atoms with Gasteiger partial charge in [-0.3, -0.25) is 0 Å². The minimum atomic E-state index is -0.251. The Morgan fingerprint density at radius 3 is 3.19 bits per heavy atom. The Bertz CT molecular complexity index is 586. The van der Waals surface area contributed by atoms with E-state index in [1.807, 2.05) is 41.7 Å². The fourth-order valence-corrected chi connectivity index (χ4v) is 2.00. The van der Waals surface area contributed by atoms with Crippen molar-refractivity contribution in [2.45, 2.75) is 19.3 Å². The zero-order valence-corrected chi connectivity index (χ0v) is 10.9. The van der Waals surface area contributed by atoms with Crippen LogP contribution in [-0.4, -0.2) is 19.6 Å². The molecule has 1 unspecified atom stereocenters. The van der Waals surface area contributed by atoms with Crippen LogP contribution in [0.3, 0.4) is 0 Å². The van der Waals surface area contributed by atoms with Crippen LogP contribution in [0.2, 0.25) is 0 Å². The highest BCUT2D eigenvalue weighted by atomic mass is 127. The molecule has 0 aliphatic carbocycles. The zero-order chi connectivity index (χ0) is 11.7. The van der Waals surface area contributed by atoms with Crippen molar-refractivity contribution in [2.75, 3.05) is 0 Å². The van der Waals surface area contributed by atoms with E-state index in [1.54, 1.807) is 0 Å². The number of allylic oxidation sites excluding steroid dienone is 1. The molecule has 1 N–H and O–H groups in total. The lowest BCUT2D eigenvalue weighted by Gasteiger charge is -2.08. The summed E-state index contributed by atoms with van der Waals surface area (Å²) in [5.74, 6) is 0.226. The van der Waals surface area contributed by atoms with Gasteiger partial charge in [-0.05, 0) is 12.3 Å². The Kier molecular flexibility index (Phi) is 3.08. The topological polar surface area (TPSA) is 63.1 Å². The highest BCUT2D eigenvalue weighted by Crippen LogP contribution is 2.16. The molecule has 2 aromatic heterocycles. The Morgan fingerprint density at radius 2 is 2.50 bits per heavy atom. The molecule has 0 radical (unpaired) electrons. The second kappa shape index (κ2) is 4.36. The van der Waals surface area contributed by atoms with E-state index in [2.05, 4.69) is 21.6 Å². The molecule has 84 valence electrons. The van der Waals surface area contributed by atoms with Crippen LogP contribution in [-0.2, 0) is 0 Å². The van der Waals surface area contributed by atoms with E-state index < -0.39 is 0 Å². The first kappa shape index (κ1) is 11.3. The molecule has 0 amide bonds. The van der Waals surface area contributed by atoms with Crippen LogP contribution in [0.5, 0.6) is 0 Å². The summed E-state index contributed by atoms with van der Waals surface area (Å²) in [5.41, 5.74) is 1.19. The van der Waals surface area contributed by atoms with Crippen LogP contribution in [0, 0.1) is 3.83 Å². The van der Waals surface area contributed by atoms with Crippen LogP contribution in [0.4, 0.5) is 0 Å². The van der Waals surface area contributed by atoms with Crippen molar-refractivity contribution in [1.29, 1.82) is 0 Å². The fraction of sp³-hybridized carbons (Fsp3) is 0.300. The maximum Gasteiger partial charge on any atom is 0.348 e. The molecule has 0 saturated heterocycles. The van der Waals surface area contributed by atoms with Crippen LogP contribution in [0.25, 0.3) is 5.65 Å². The predicted octanol–water partition coefficient (Wildman–Crippen LogP) is 1.70. The van der Waals surface area contributed by atoms with Gasteiger partial charge in [0.1, 0.15) is 0 Å². The van der Waals surface area contributed by atoms with Crippen molar-refractivity contribution in [1.82, 2.24) is 19.6 Å². The number of fused-ring (bicyclic) bond motifs is 1. The molecule has 2 heterocycles. The van der Waals surface area contributed by atoms with Gasteiger partial charge < -0.3 is 4.98 Å². The molecule has 2 aromatic rings. The molecule has 2 rings (SSSR count). The van der Waals surface area contributed by atoms with Crippen molar-refractivity contribution < 1.29 is 0 Å². The summed E-state index contributed by atoms with van der Waals surface area (Å²) >= 11 is 1.98. The van der Waals surface area contributed by atoms with Gasteiger partial charge in [0.15, 0.2) is 5.65 Å². The minimum absolute atomic E-state index is 0.226. The van der Waals surface area contributed by atoms with Crippen LogP contribution >= 0.6 is 22.6 Å². The summed E-state index contributed by atoms with van der Waals surface area (Å²) in [4.78, 5) is 18.7. The molecule has 0 aromatic carbocycles. The van der Waals surface area contributed by atoms with E-state index in [0.717, 1.165) is 12.1 Å². The van der Waals surface area contributed by atoms with Gasteiger partial charge in [0.05, 0.1) is 0 Å². The molecule has 0 saturated carbocycles. The zero-order valence-electron chi connectivity index (χ0n) is 8.77. The average Bonchev–Trinajstić information content (AvgIpc) is 2.59. The summed E-state index contributed by atoms with van der Waals surface area (Å²) in [7, 11) is 0. The first-order valence-electron chi connectivity index (χ1n) is 4.88. The molecule has 0 bridgehead atoms. The Morgan fingerprint density at radius 1 is 1.75 bits per heavy atom. The third-order valence-corrected chi connectivity index (χ3v) is 2.84. The van der Waals surface area contributed by atoms with Gasteiger partial charge in [-0.1, -0.05) is 13.0 Å². The standard InChI is InChI=1S/C10H11IN4O/c1-3-4-6(2)7-5-8-13-9(11)14-15(8)10(16)12-7/h3,5-6H,1,4H2,2H3,(H,12,16). The molecule has 0 fully saturated rings. The summed E-state index contributed by atoms with van der Waals surface area (Å²) in [6.45, 7) is 5.72. The number of halogens is 1. The maximum atomic E-state index is 11.7. The van der Waals surface area contributed by atoms with Gasteiger partial charge in [0.2, 0.25) is 3.83 Å². The average molecular weight is 330 g/mol. The normalized spacial score (nSPS) is 12.9. The van der Waals surface area contributed by atoms with Crippen LogP contribution in [0.1, 0.15) is 25.0 Å². The van der Waals surface area contributed by atoms with Gasteiger partial charge >= 0.3 is 5.69 Å². The van der Waals surface area contributed by atoms with Gasteiger partial charge in [-0.15, -0.1) is 11.7 Å². The number of hydrogen-bond acceptors (Lipinski definition) is 3. The number of hydrogen-bond donors (Lipinski definition) is 1. The quantitative estimate of drug-likeness (QED) is 0.688. The van der Waals surface area contributed by atoms with Crippen molar-refractivity contribution in [3.63, 3.8) is 0 Å². The maximum absolute atomic E-state index is 11.7. The van der Waals surface area contributed by atoms with E-state index in [1.165, 1.54) is 4.52 Å². The lowest BCUT2D eigenvalue weighted by molar-refractivity contribution is 0.725. The molecule has 1 atom stereocenters. The molecule has 5 nitrogen and oxygen atoms in total.